The number of nitrogens with one attached hydrogen (secondary N) is 1. The summed E-state index contributed by atoms with van der Waals surface area (Å²) in [5.74, 6) is 0.0886. The Balaban J connectivity index is 1.75. The van der Waals surface area contributed by atoms with E-state index in [-0.39, 0.29) is 5.97 Å². The summed E-state index contributed by atoms with van der Waals surface area (Å²) in [6.07, 6.45) is 2.43. The Morgan fingerprint density at radius 2 is 2.44 bits per heavy atom. The summed E-state index contributed by atoms with van der Waals surface area (Å²) >= 11 is 2.85. The summed E-state index contributed by atoms with van der Waals surface area (Å²) in [5, 5.41) is 12.1. The van der Waals surface area contributed by atoms with Crippen LogP contribution < -0.4 is 5.32 Å². The molecular formula is C9H13N3O2S2. The van der Waals surface area contributed by atoms with Crippen molar-refractivity contribution >= 4 is 34.2 Å². The summed E-state index contributed by atoms with van der Waals surface area (Å²) in [4.78, 5) is 11.1. The smallest absolute Gasteiger partial charge is 0.316 e. The molecule has 7 heteroatoms. The van der Waals surface area contributed by atoms with Crippen molar-refractivity contribution in [3.8, 4) is 0 Å². The van der Waals surface area contributed by atoms with Gasteiger partial charge in [-0.05, 0) is 19.8 Å². The van der Waals surface area contributed by atoms with E-state index in [1.807, 2.05) is 0 Å². The molecule has 1 aliphatic rings. The van der Waals surface area contributed by atoms with Gasteiger partial charge < -0.3 is 10.1 Å². The predicted molar refractivity (Wildman–Crippen MR) is 63.9 cm³/mol. The third-order valence-corrected chi connectivity index (χ3v) is 3.89. The molecule has 0 amide bonds. The molecule has 0 spiro atoms. The molecule has 1 aromatic rings. The Labute approximate surface area is 102 Å². The van der Waals surface area contributed by atoms with Crippen LogP contribution in [0.3, 0.4) is 0 Å². The van der Waals surface area contributed by atoms with Crippen LogP contribution in [0.25, 0.3) is 0 Å². The molecule has 0 saturated heterocycles. The molecule has 88 valence electrons. The van der Waals surface area contributed by atoms with E-state index < -0.39 is 0 Å². The van der Waals surface area contributed by atoms with Crippen LogP contribution in [-0.2, 0) is 9.53 Å². The lowest BCUT2D eigenvalue weighted by molar-refractivity contribution is -0.139. The molecule has 0 atom stereocenters. The highest BCUT2D eigenvalue weighted by molar-refractivity contribution is 8.01. The highest BCUT2D eigenvalue weighted by atomic mass is 32.2. The summed E-state index contributed by atoms with van der Waals surface area (Å²) in [6.45, 7) is 2.22. The average Bonchev–Trinajstić information content (AvgIpc) is 2.94. The number of thioether (sulfide) groups is 1. The Hall–Kier alpha value is -0.820. The molecule has 1 heterocycles. The lowest BCUT2D eigenvalue weighted by Gasteiger charge is -1.98. The molecule has 0 unspecified atom stereocenters. The first-order valence-corrected chi connectivity index (χ1v) is 6.96. The first-order chi connectivity index (χ1) is 7.78. The van der Waals surface area contributed by atoms with Crippen molar-refractivity contribution in [3.05, 3.63) is 0 Å². The van der Waals surface area contributed by atoms with Gasteiger partial charge in [0.25, 0.3) is 0 Å². The highest BCUT2D eigenvalue weighted by Gasteiger charge is 2.22. The maximum Gasteiger partial charge on any atom is 0.316 e. The van der Waals surface area contributed by atoms with Crippen molar-refractivity contribution in [1.29, 1.82) is 0 Å². The van der Waals surface area contributed by atoms with Crippen LogP contribution in [0.1, 0.15) is 19.8 Å². The number of aromatic nitrogens is 2. The van der Waals surface area contributed by atoms with Gasteiger partial charge in [-0.1, -0.05) is 23.1 Å². The van der Waals surface area contributed by atoms with E-state index in [1.165, 1.54) is 35.9 Å². The molecule has 0 aromatic carbocycles. The third kappa shape index (κ3) is 3.64. The standard InChI is InChI=1S/C9H13N3O2S2/c1-2-14-7(13)5-15-9-12-11-8(16-9)10-6-3-4-6/h6H,2-5H2,1H3,(H,10,11). The fraction of sp³-hybridized carbons (Fsp3) is 0.667. The number of ether oxygens (including phenoxy) is 1. The Bertz CT molecular complexity index is 365. The van der Waals surface area contributed by atoms with Crippen molar-refractivity contribution in [3.63, 3.8) is 0 Å². The van der Waals surface area contributed by atoms with E-state index in [0.29, 0.717) is 18.4 Å². The number of nitrogens with zero attached hydrogens (tertiary/aromatic N) is 2. The second-order valence-electron chi connectivity index (χ2n) is 3.39. The molecule has 1 N–H and O–H groups in total. The van der Waals surface area contributed by atoms with Crippen molar-refractivity contribution in [2.75, 3.05) is 17.7 Å². The minimum Gasteiger partial charge on any atom is -0.465 e. The van der Waals surface area contributed by atoms with Crippen LogP contribution in [-0.4, -0.2) is 34.6 Å². The van der Waals surface area contributed by atoms with E-state index >= 15 is 0 Å². The maximum atomic E-state index is 11.1. The lowest BCUT2D eigenvalue weighted by Crippen LogP contribution is -2.06. The number of anilines is 1. The normalized spacial score (nSPS) is 14.8. The van der Waals surface area contributed by atoms with Gasteiger partial charge in [0.2, 0.25) is 5.13 Å². The van der Waals surface area contributed by atoms with E-state index in [0.717, 1.165) is 9.47 Å². The molecule has 16 heavy (non-hydrogen) atoms. The molecule has 0 radical (unpaired) electrons. The minimum absolute atomic E-state index is 0.209. The summed E-state index contributed by atoms with van der Waals surface area (Å²) in [6, 6.07) is 0.579. The monoisotopic (exact) mass is 259 g/mol. The van der Waals surface area contributed by atoms with Gasteiger partial charge in [-0.2, -0.15) is 0 Å². The topological polar surface area (TPSA) is 64.1 Å². The van der Waals surface area contributed by atoms with Gasteiger partial charge in [-0.15, -0.1) is 10.2 Å². The quantitative estimate of drug-likeness (QED) is 0.620. The van der Waals surface area contributed by atoms with Crippen LogP contribution in [0, 0.1) is 0 Å². The van der Waals surface area contributed by atoms with Gasteiger partial charge in [-0.3, -0.25) is 4.79 Å². The van der Waals surface area contributed by atoms with Crippen LogP contribution in [0.4, 0.5) is 5.13 Å². The molecular weight excluding hydrogens is 246 g/mol. The number of hydrogen-bond donors (Lipinski definition) is 1. The van der Waals surface area contributed by atoms with Gasteiger partial charge in [0, 0.05) is 6.04 Å². The number of carbonyl (C=O) groups is 1. The Morgan fingerprint density at radius 1 is 1.62 bits per heavy atom. The number of rotatable bonds is 6. The molecule has 1 aromatic heterocycles. The van der Waals surface area contributed by atoms with Crippen molar-refractivity contribution in [1.82, 2.24) is 10.2 Å². The fourth-order valence-corrected chi connectivity index (χ4v) is 2.68. The number of hydrogen-bond acceptors (Lipinski definition) is 7. The first kappa shape index (κ1) is 11.7. The zero-order valence-electron chi connectivity index (χ0n) is 8.93. The van der Waals surface area contributed by atoms with Crippen molar-refractivity contribution in [2.24, 2.45) is 0 Å². The van der Waals surface area contributed by atoms with Crippen LogP contribution in [0.15, 0.2) is 4.34 Å². The zero-order chi connectivity index (χ0) is 11.4. The Kier molecular flexibility index (Phi) is 4.00. The number of esters is 1. The Morgan fingerprint density at radius 3 is 3.12 bits per heavy atom. The molecule has 1 aliphatic carbocycles. The molecule has 1 fully saturated rings. The van der Waals surface area contributed by atoms with E-state index in [1.54, 1.807) is 6.92 Å². The lowest BCUT2D eigenvalue weighted by atomic mass is 10.7. The van der Waals surface area contributed by atoms with Gasteiger partial charge >= 0.3 is 5.97 Å². The zero-order valence-corrected chi connectivity index (χ0v) is 10.6. The van der Waals surface area contributed by atoms with Crippen LogP contribution in [0.2, 0.25) is 0 Å². The van der Waals surface area contributed by atoms with Gasteiger partial charge in [0.05, 0.1) is 12.4 Å². The largest absolute Gasteiger partial charge is 0.465 e. The second kappa shape index (κ2) is 5.49. The fourth-order valence-electron chi connectivity index (χ4n) is 1.05. The second-order valence-corrected chi connectivity index (χ2v) is 5.59. The average molecular weight is 259 g/mol. The van der Waals surface area contributed by atoms with Crippen molar-refractivity contribution in [2.45, 2.75) is 30.1 Å². The highest BCUT2D eigenvalue weighted by Crippen LogP contribution is 2.30. The van der Waals surface area contributed by atoms with Crippen molar-refractivity contribution < 1.29 is 9.53 Å². The first-order valence-electron chi connectivity index (χ1n) is 5.16. The molecule has 1 saturated carbocycles. The predicted octanol–water partition coefficient (Wildman–Crippen LogP) is 1.77. The SMILES string of the molecule is CCOC(=O)CSc1nnc(NC2CC2)s1. The summed E-state index contributed by atoms with van der Waals surface area (Å²) in [5.41, 5.74) is 0. The van der Waals surface area contributed by atoms with Gasteiger partial charge in [0.1, 0.15) is 0 Å². The third-order valence-electron chi connectivity index (χ3n) is 1.93. The van der Waals surface area contributed by atoms with Crippen LogP contribution >= 0.6 is 23.1 Å². The van der Waals surface area contributed by atoms with E-state index in [2.05, 4.69) is 15.5 Å². The summed E-state index contributed by atoms with van der Waals surface area (Å²) in [7, 11) is 0. The van der Waals surface area contributed by atoms with Gasteiger partial charge in [0.15, 0.2) is 4.34 Å². The van der Waals surface area contributed by atoms with Crippen LogP contribution in [0.5, 0.6) is 0 Å². The summed E-state index contributed by atoms with van der Waals surface area (Å²) < 4.78 is 5.63. The minimum atomic E-state index is -0.209. The van der Waals surface area contributed by atoms with E-state index in [9.17, 15) is 4.79 Å². The molecule has 5 nitrogen and oxygen atoms in total. The van der Waals surface area contributed by atoms with Gasteiger partial charge in [-0.25, -0.2) is 0 Å². The maximum absolute atomic E-state index is 11.1. The molecule has 0 bridgehead atoms. The van der Waals surface area contributed by atoms with E-state index in [4.69, 9.17) is 4.74 Å². The number of carbonyl (C=O) groups excluding carboxylic acids is 1. The molecule has 0 aliphatic heterocycles. The molecule has 2 rings (SSSR count).